The van der Waals surface area contributed by atoms with Gasteiger partial charge < -0.3 is 4.90 Å². The van der Waals surface area contributed by atoms with Crippen LogP contribution in [-0.2, 0) is 0 Å². The highest BCUT2D eigenvalue weighted by Gasteiger charge is 2.52. The van der Waals surface area contributed by atoms with Gasteiger partial charge in [0.05, 0.1) is 13.1 Å². The van der Waals surface area contributed by atoms with E-state index in [-0.39, 0.29) is 0 Å². The minimum absolute atomic E-state index is 1.32. The van der Waals surface area contributed by atoms with Crippen LogP contribution in [0.25, 0.3) is 0 Å². The lowest BCUT2D eigenvalue weighted by molar-refractivity contribution is -0.833. The van der Waals surface area contributed by atoms with Crippen molar-refractivity contribution in [3.05, 3.63) is 147 Å². The van der Waals surface area contributed by atoms with E-state index in [9.17, 15) is 52.7 Å². The fourth-order valence-electron chi connectivity index (χ4n) is 11.0. The van der Waals surface area contributed by atoms with E-state index in [0.717, 1.165) is 0 Å². The van der Waals surface area contributed by atoms with E-state index in [4.69, 9.17) is 0 Å². The summed E-state index contributed by atoms with van der Waals surface area (Å²) in [5.41, 5.74) is -12.8. The second kappa shape index (κ2) is 35.4. The topological polar surface area (TPSA) is 4.44 Å². The quantitative estimate of drug-likeness (QED) is 0.0136. The molecule has 0 heterocycles. The average Bonchev–Trinajstić information content (AvgIpc) is 0.780. The first kappa shape index (κ1) is 71.2. The van der Waals surface area contributed by atoms with Gasteiger partial charge in [-0.25, -0.2) is 87.8 Å². The van der Waals surface area contributed by atoms with E-state index in [2.05, 4.69) is 44.2 Å². The standard InChI is InChI=1S/C38H71N.C24BF20/c1-3-5-7-9-11-13-15-17-19-21-23-25-27-32-36-39(38-34-30-29-31-35-38)37-33-28-26-24-22-20-18-16-14-12-10-8-6-4-2;26-5-1(6(27)14(35)21(42)13(5)34)25(2-7(28)15(36)22(43)16(37)8(2)29,3-9(30)17(38)23(44)18(39)10(3)31)4-11(32)19(40)24(45)20(41)12(4)33/h29-31,34-35H,3-28,32-33,36-37H2,1-2H3;/q;-1/p+1. The lowest BCUT2D eigenvalue weighted by Gasteiger charge is -2.44. The largest absolute Gasteiger partial charge is 0.302 e. The zero-order valence-electron chi connectivity index (χ0n) is 47.2. The number of hydrogen-bond acceptors (Lipinski definition) is 0. The number of nitrogens with one attached hydrogen (secondary N) is 1. The lowest BCUT2D eigenvalue weighted by atomic mass is 9.12. The third-order valence-electron chi connectivity index (χ3n) is 15.6. The number of hydrogen-bond donors (Lipinski definition) is 1. The summed E-state index contributed by atoms with van der Waals surface area (Å²) < 4.78 is 294. The zero-order valence-corrected chi connectivity index (χ0v) is 47.2. The maximum Gasteiger partial charge on any atom is 0.200 e. The number of benzene rings is 5. The molecule has 0 unspecified atom stereocenters. The SMILES string of the molecule is CCCCCCCCCCCCCCCC[NH+](CCCCCCCCCCCCCCCC)c1ccccc1.Fc1c(F)c(F)c([B-](c2c(F)c(F)c(F)c(F)c2F)(c2c(F)c(F)c(F)c(F)c2F)c2c(F)c(F)c(F)c(F)c2F)c(F)c1F. The molecule has 0 aromatic heterocycles. The van der Waals surface area contributed by atoms with Crippen molar-refractivity contribution in [1.82, 2.24) is 0 Å². The average molecular weight is 1220 g/mol. The number of unbranched alkanes of at least 4 members (excludes halogenated alkanes) is 26. The van der Waals surface area contributed by atoms with Crippen molar-refractivity contribution in [2.24, 2.45) is 0 Å². The fourth-order valence-corrected chi connectivity index (χ4v) is 11.0. The van der Waals surface area contributed by atoms with Crippen molar-refractivity contribution in [3.63, 3.8) is 0 Å². The van der Waals surface area contributed by atoms with E-state index in [1.807, 2.05) is 0 Å². The third-order valence-corrected chi connectivity index (χ3v) is 15.6. The van der Waals surface area contributed by atoms with Gasteiger partial charge in [-0.1, -0.05) is 186 Å². The molecular weight excluding hydrogens is 1150 g/mol. The maximum absolute atomic E-state index is 15.4. The fraction of sp³-hybridized carbons (Fsp3) is 0.516. The van der Waals surface area contributed by atoms with Gasteiger partial charge in [-0.05, 0) is 37.8 Å². The van der Waals surface area contributed by atoms with Crippen molar-refractivity contribution < 1.29 is 92.7 Å². The van der Waals surface area contributed by atoms with Gasteiger partial charge in [-0.2, -0.15) is 0 Å². The van der Waals surface area contributed by atoms with Crippen LogP contribution in [0.5, 0.6) is 0 Å². The molecular formula is C62H72BF20N. The molecule has 84 heavy (non-hydrogen) atoms. The summed E-state index contributed by atoms with van der Waals surface area (Å²) in [7, 11) is 0. The molecule has 5 aromatic rings. The van der Waals surface area contributed by atoms with Crippen LogP contribution in [0, 0.1) is 116 Å². The highest BCUT2D eigenvalue weighted by molar-refractivity contribution is 7.20. The Balaban J connectivity index is 0.000000365. The van der Waals surface area contributed by atoms with E-state index in [1.54, 1.807) is 4.90 Å². The van der Waals surface area contributed by atoms with E-state index in [1.165, 1.54) is 199 Å². The summed E-state index contributed by atoms with van der Waals surface area (Å²) in [5.74, 6) is -71.4. The van der Waals surface area contributed by atoms with E-state index >= 15 is 35.1 Å². The predicted molar refractivity (Wildman–Crippen MR) is 287 cm³/mol. The first-order valence-electron chi connectivity index (χ1n) is 29.2. The van der Waals surface area contributed by atoms with Crippen molar-refractivity contribution in [1.29, 1.82) is 0 Å². The van der Waals surface area contributed by atoms with Gasteiger partial charge in [0.25, 0.3) is 0 Å². The molecule has 1 nitrogen and oxygen atoms in total. The Morgan fingerprint density at radius 3 is 0.583 bits per heavy atom. The molecule has 0 aliphatic carbocycles. The van der Waals surface area contributed by atoms with Gasteiger partial charge in [0, 0.05) is 0 Å². The second-order valence-corrected chi connectivity index (χ2v) is 21.5. The molecule has 5 aromatic carbocycles. The molecule has 0 aliphatic heterocycles. The summed E-state index contributed by atoms with van der Waals surface area (Å²) in [6.45, 7) is 7.25. The summed E-state index contributed by atoms with van der Waals surface area (Å²) in [5, 5.41) is 0. The Morgan fingerprint density at radius 2 is 0.393 bits per heavy atom. The molecule has 0 aliphatic rings. The van der Waals surface area contributed by atoms with Crippen LogP contribution in [0.1, 0.15) is 194 Å². The monoisotopic (exact) mass is 1220 g/mol. The van der Waals surface area contributed by atoms with E-state index < -0.39 is 144 Å². The van der Waals surface area contributed by atoms with Crippen molar-refractivity contribution in [3.8, 4) is 0 Å². The summed E-state index contributed by atoms with van der Waals surface area (Å²) in [6, 6.07) is 11.3. The van der Waals surface area contributed by atoms with Crippen molar-refractivity contribution >= 4 is 33.7 Å². The highest BCUT2D eigenvalue weighted by atomic mass is 19.2. The van der Waals surface area contributed by atoms with Gasteiger partial charge in [0.2, 0.25) is 0 Å². The third kappa shape index (κ3) is 17.5. The molecule has 0 saturated carbocycles. The molecule has 0 bridgehead atoms. The predicted octanol–water partition coefficient (Wildman–Crippen LogP) is 18.0. The molecule has 22 heteroatoms. The first-order valence-corrected chi connectivity index (χ1v) is 29.2. The number of halogens is 20. The molecule has 1 N–H and O–H groups in total. The number of quaternary nitrogens is 1. The Hall–Kier alpha value is -5.28. The summed E-state index contributed by atoms with van der Waals surface area (Å²) in [6.07, 6.45) is 33.3. The van der Waals surface area contributed by atoms with Crippen LogP contribution in [-0.4, -0.2) is 19.2 Å². The molecule has 0 saturated heterocycles. The van der Waals surface area contributed by atoms with Gasteiger partial charge >= 0.3 is 0 Å². The van der Waals surface area contributed by atoms with Gasteiger partial charge in [-0.15, -0.1) is 21.9 Å². The number of para-hydroxylation sites is 1. The normalized spacial score (nSPS) is 11.8. The minimum Gasteiger partial charge on any atom is -0.302 e. The van der Waals surface area contributed by atoms with Crippen LogP contribution < -0.4 is 26.8 Å². The van der Waals surface area contributed by atoms with Gasteiger partial charge in [0.15, 0.2) is 69.8 Å². The second-order valence-electron chi connectivity index (χ2n) is 21.5. The molecule has 0 fully saturated rings. The van der Waals surface area contributed by atoms with Crippen LogP contribution in [0.15, 0.2) is 30.3 Å². The van der Waals surface area contributed by atoms with Gasteiger partial charge in [0.1, 0.15) is 58.4 Å². The molecule has 0 radical (unpaired) electrons. The molecule has 0 atom stereocenters. The smallest absolute Gasteiger partial charge is 0.200 e. The molecule has 468 valence electrons. The van der Waals surface area contributed by atoms with Crippen molar-refractivity contribution in [2.75, 3.05) is 13.1 Å². The molecule has 5 rings (SSSR count). The Bertz CT molecular complexity index is 2450. The van der Waals surface area contributed by atoms with Crippen LogP contribution in [0.2, 0.25) is 0 Å². The summed E-state index contributed by atoms with van der Waals surface area (Å²) in [4.78, 5) is 1.73. The van der Waals surface area contributed by atoms with Crippen LogP contribution in [0.3, 0.4) is 0 Å². The maximum atomic E-state index is 15.4. The highest BCUT2D eigenvalue weighted by Crippen LogP contribution is 2.31. The number of rotatable bonds is 35. The van der Waals surface area contributed by atoms with Crippen molar-refractivity contribution in [2.45, 2.75) is 194 Å². The first-order chi connectivity index (χ1) is 40.1. The lowest BCUT2D eigenvalue weighted by Crippen LogP contribution is -3.07. The van der Waals surface area contributed by atoms with Gasteiger partial charge in [-0.3, -0.25) is 0 Å². The summed E-state index contributed by atoms with van der Waals surface area (Å²) >= 11 is 0. The van der Waals surface area contributed by atoms with Crippen LogP contribution in [0.4, 0.5) is 93.5 Å². The Kier molecular flexibility index (Phi) is 30.0. The molecule has 0 spiro atoms. The minimum atomic E-state index is -7.22. The Morgan fingerprint density at radius 1 is 0.226 bits per heavy atom. The molecule has 0 amide bonds. The Labute approximate surface area is 478 Å². The zero-order chi connectivity index (χ0) is 62.3. The van der Waals surface area contributed by atoms with E-state index in [0.29, 0.717) is 0 Å². The van der Waals surface area contributed by atoms with Crippen LogP contribution >= 0.6 is 0 Å².